The molecule has 1 aromatic rings. The van der Waals surface area contributed by atoms with E-state index in [2.05, 4.69) is 4.98 Å². The van der Waals surface area contributed by atoms with E-state index in [1.807, 2.05) is 0 Å². The largest absolute Gasteiger partial charge is 0.463 e. The van der Waals surface area contributed by atoms with Gasteiger partial charge in [-0.25, -0.2) is 4.79 Å². The fourth-order valence-corrected chi connectivity index (χ4v) is 3.21. The molecular formula is C17H23ClN2O9. The SMILES string of the molecule is CCOC(CCl)c1cn([C@@H]2O[C@H](COC(C)=O)[C@@H](OC(C)=O)[C@H]2O)c(=O)[nH]c1=O. The van der Waals surface area contributed by atoms with E-state index < -0.39 is 53.8 Å². The van der Waals surface area contributed by atoms with E-state index >= 15 is 0 Å². The maximum Gasteiger partial charge on any atom is 0.330 e. The molecule has 1 aliphatic heterocycles. The number of hydrogen-bond acceptors (Lipinski definition) is 9. The van der Waals surface area contributed by atoms with Gasteiger partial charge in [0.05, 0.1) is 11.4 Å². The summed E-state index contributed by atoms with van der Waals surface area (Å²) in [5.74, 6) is -1.34. The van der Waals surface area contributed by atoms with Crippen LogP contribution in [0.2, 0.25) is 0 Å². The van der Waals surface area contributed by atoms with Crippen LogP contribution < -0.4 is 11.2 Å². The summed E-state index contributed by atoms with van der Waals surface area (Å²) in [6.45, 7) is 4.01. The summed E-state index contributed by atoms with van der Waals surface area (Å²) in [6.07, 6.45) is -4.64. The number of aliphatic hydroxyl groups is 1. The molecule has 1 fully saturated rings. The van der Waals surface area contributed by atoms with E-state index in [1.165, 1.54) is 13.1 Å². The molecule has 2 rings (SSSR count). The van der Waals surface area contributed by atoms with E-state index in [0.717, 1.165) is 11.5 Å². The first kappa shape index (κ1) is 23.1. The maximum absolute atomic E-state index is 12.3. The highest BCUT2D eigenvalue weighted by molar-refractivity contribution is 6.18. The van der Waals surface area contributed by atoms with Crippen molar-refractivity contribution in [3.63, 3.8) is 0 Å². The highest BCUT2D eigenvalue weighted by Gasteiger charge is 2.48. The Labute approximate surface area is 170 Å². The Morgan fingerprint density at radius 3 is 2.59 bits per heavy atom. The average Bonchev–Trinajstić information content (AvgIpc) is 2.94. The van der Waals surface area contributed by atoms with Gasteiger partial charge in [-0.15, -0.1) is 11.6 Å². The van der Waals surface area contributed by atoms with Crippen molar-refractivity contribution in [2.75, 3.05) is 19.1 Å². The second kappa shape index (κ2) is 10.0. The molecule has 2 N–H and O–H groups in total. The molecular weight excluding hydrogens is 412 g/mol. The third kappa shape index (κ3) is 5.44. The molecule has 1 aliphatic rings. The van der Waals surface area contributed by atoms with Gasteiger partial charge in [0.2, 0.25) is 0 Å². The fourth-order valence-electron chi connectivity index (χ4n) is 2.96. The molecule has 2 heterocycles. The Morgan fingerprint density at radius 1 is 1.34 bits per heavy atom. The van der Waals surface area contributed by atoms with Crippen LogP contribution in [0.3, 0.4) is 0 Å². The summed E-state index contributed by atoms with van der Waals surface area (Å²) in [4.78, 5) is 49.1. The molecule has 11 nitrogen and oxygen atoms in total. The molecule has 0 spiro atoms. The lowest BCUT2D eigenvalue weighted by Gasteiger charge is -2.21. The number of alkyl halides is 1. The first-order valence-electron chi connectivity index (χ1n) is 8.86. The minimum absolute atomic E-state index is 0.0473. The lowest BCUT2D eigenvalue weighted by atomic mass is 10.1. The highest BCUT2D eigenvalue weighted by atomic mass is 35.5. The third-order valence-corrected chi connectivity index (χ3v) is 4.47. The Kier molecular flexibility index (Phi) is 7.96. The summed E-state index contributed by atoms with van der Waals surface area (Å²) in [6, 6.07) is 0. The van der Waals surface area contributed by atoms with Crippen LogP contribution in [0.15, 0.2) is 15.8 Å². The minimum Gasteiger partial charge on any atom is -0.463 e. The zero-order valence-electron chi connectivity index (χ0n) is 16.1. The van der Waals surface area contributed by atoms with Gasteiger partial charge in [0.15, 0.2) is 12.3 Å². The standard InChI is InChI=1S/C17H23ClN2O9/c1-4-26-11(5-18)10-6-20(17(25)19-15(10)24)16-13(23)14(28-9(3)22)12(29-16)7-27-8(2)21/h6,11-14,16,23H,4-5,7H2,1-3H3,(H,19,24,25)/t11?,12-,13-,14-,16-/m1/s1. The molecule has 1 aromatic heterocycles. The first-order chi connectivity index (χ1) is 13.7. The molecule has 1 saturated heterocycles. The first-order valence-corrected chi connectivity index (χ1v) is 9.40. The Hall–Kier alpha value is -2.21. The third-order valence-electron chi connectivity index (χ3n) is 4.19. The normalized spacial score (nSPS) is 24.9. The Balaban J connectivity index is 2.41. The number of rotatable bonds is 8. The second-order valence-corrected chi connectivity index (χ2v) is 6.59. The quantitative estimate of drug-likeness (QED) is 0.412. The van der Waals surface area contributed by atoms with Crippen molar-refractivity contribution in [3.8, 4) is 0 Å². The van der Waals surface area contributed by atoms with Crippen LogP contribution >= 0.6 is 11.6 Å². The molecule has 0 radical (unpaired) electrons. The number of esters is 2. The van der Waals surface area contributed by atoms with E-state index in [9.17, 15) is 24.3 Å². The van der Waals surface area contributed by atoms with E-state index in [1.54, 1.807) is 6.92 Å². The highest BCUT2D eigenvalue weighted by Crippen LogP contribution is 2.31. The van der Waals surface area contributed by atoms with Crippen molar-refractivity contribution < 1.29 is 33.6 Å². The molecule has 0 bridgehead atoms. The number of halogens is 1. The van der Waals surface area contributed by atoms with Crippen molar-refractivity contribution in [2.45, 2.75) is 51.4 Å². The van der Waals surface area contributed by atoms with Crippen LogP contribution in [0, 0.1) is 0 Å². The second-order valence-electron chi connectivity index (χ2n) is 6.28. The number of carbonyl (C=O) groups is 2. The number of aromatic nitrogens is 2. The van der Waals surface area contributed by atoms with Crippen LogP contribution in [0.1, 0.15) is 38.7 Å². The Bertz CT molecular complexity index is 852. The van der Waals surface area contributed by atoms with Gasteiger partial charge in [-0.1, -0.05) is 0 Å². The molecule has 0 aliphatic carbocycles. The molecule has 0 aromatic carbocycles. The summed E-state index contributed by atoms with van der Waals surface area (Å²) in [7, 11) is 0. The zero-order valence-corrected chi connectivity index (χ0v) is 16.9. The van der Waals surface area contributed by atoms with Gasteiger partial charge in [0.1, 0.15) is 24.9 Å². The van der Waals surface area contributed by atoms with Gasteiger partial charge < -0.3 is 24.1 Å². The van der Waals surface area contributed by atoms with Crippen LogP contribution in [0.25, 0.3) is 0 Å². The number of aromatic amines is 1. The van der Waals surface area contributed by atoms with Crippen LogP contribution in [0.5, 0.6) is 0 Å². The predicted molar refractivity (Wildman–Crippen MR) is 98.5 cm³/mol. The van der Waals surface area contributed by atoms with Crippen molar-refractivity contribution in [3.05, 3.63) is 32.6 Å². The summed E-state index contributed by atoms with van der Waals surface area (Å²) >= 11 is 5.86. The number of H-pyrrole nitrogens is 1. The summed E-state index contributed by atoms with van der Waals surface area (Å²) in [5, 5.41) is 10.6. The lowest BCUT2D eigenvalue weighted by molar-refractivity contribution is -0.157. The number of aliphatic hydroxyl groups excluding tert-OH is 1. The topological polar surface area (TPSA) is 146 Å². The molecule has 1 unspecified atom stereocenters. The van der Waals surface area contributed by atoms with Crippen LogP contribution in [0.4, 0.5) is 0 Å². The monoisotopic (exact) mass is 434 g/mol. The van der Waals surface area contributed by atoms with Crippen molar-refractivity contribution >= 4 is 23.5 Å². The molecule has 5 atom stereocenters. The average molecular weight is 435 g/mol. The molecule has 0 amide bonds. The fraction of sp³-hybridized carbons (Fsp3) is 0.647. The number of carbonyl (C=O) groups excluding carboxylic acids is 2. The smallest absolute Gasteiger partial charge is 0.330 e. The van der Waals surface area contributed by atoms with Gasteiger partial charge in [-0.05, 0) is 6.92 Å². The molecule has 0 saturated carbocycles. The molecule has 29 heavy (non-hydrogen) atoms. The lowest BCUT2D eigenvalue weighted by Crippen LogP contribution is -2.41. The van der Waals surface area contributed by atoms with Gasteiger partial charge in [0, 0.05) is 26.7 Å². The number of nitrogens with one attached hydrogen (secondary N) is 1. The van der Waals surface area contributed by atoms with E-state index in [-0.39, 0.29) is 24.7 Å². The maximum atomic E-state index is 12.3. The summed E-state index contributed by atoms with van der Waals surface area (Å²) in [5.41, 5.74) is -1.49. The van der Waals surface area contributed by atoms with Gasteiger partial charge in [-0.2, -0.15) is 0 Å². The Morgan fingerprint density at radius 2 is 2.03 bits per heavy atom. The predicted octanol–water partition coefficient (Wildman–Crippen LogP) is -0.394. The van der Waals surface area contributed by atoms with E-state index in [0.29, 0.717) is 0 Å². The number of hydrogen-bond donors (Lipinski definition) is 2. The van der Waals surface area contributed by atoms with Crippen LogP contribution in [-0.2, 0) is 28.5 Å². The molecule has 12 heteroatoms. The van der Waals surface area contributed by atoms with Gasteiger partial charge in [-0.3, -0.25) is 23.9 Å². The van der Waals surface area contributed by atoms with E-state index in [4.69, 9.17) is 30.5 Å². The minimum atomic E-state index is -1.47. The van der Waals surface area contributed by atoms with Crippen molar-refractivity contribution in [1.82, 2.24) is 9.55 Å². The zero-order chi connectivity index (χ0) is 21.7. The van der Waals surface area contributed by atoms with Gasteiger partial charge in [0.25, 0.3) is 5.56 Å². The number of nitrogens with zero attached hydrogens (tertiary/aromatic N) is 1. The van der Waals surface area contributed by atoms with Crippen LogP contribution in [-0.4, -0.2) is 64.0 Å². The molecule has 162 valence electrons. The van der Waals surface area contributed by atoms with Gasteiger partial charge >= 0.3 is 17.6 Å². The van der Waals surface area contributed by atoms with Crippen molar-refractivity contribution in [2.24, 2.45) is 0 Å². The summed E-state index contributed by atoms with van der Waals surface area (Å²) < 4.78 is 22.0. The van der Waals surface area contributed by atoms with Crippen molar-refractivity contribution in [1.29, 1.82) is 0 Å². The number of ether oxygens (including phenoxy) is 4.